The van der Waals surface area contributed by atoms with Gasteiger partial charge < -0.3 is 14.5 Å². The molecule has 18 heavy (non-hydrogen) atoms. The maximum Gasteiger partial charge on any atom is 0.180 e. The van der Waals surface area contributed by atoms with Crippen LogP contribution in [0.3, 0.4) is 0 Å². The lowest BCUT2D eigenvalue weighted by atomic mass is 10.2. The van der Waals surface area contributed by atoms with Crippen LogP contribution in [-0.4, -0.2) is 33.6 Å². The highest BCUT2D eigenvalue weighted by molar-refractivity contribution is 9.10. The molecule has 1 atom stereocenters. The Bertz CT molecular complexity index is 536. The number of aromatic nitrogens is 3. The summed E-state index contributed by atoms with van der Waals surface area (Å²) in [7, 11) is 0. The second-order valence-corrected chi connectivity index (χ2v) is 5.23. The molecule has 1 unspecified atom stereocenters. The third-order valence-corrected chi connectivity index (χ3v) is 3.51. The molecule has 0 amide bonds. The first kappa shape index (κ1) is 11.9. The second kappa shape index (κ2) is 5.24. The standard InChI is InChI=1S/C12H15BrN4O/c13-10-8-17-6-5-15-12(17)11(16-10)14-4-3-9-2-1-7-18-9/h5-6,8-9H,1-4,7H2,(H,14,16). The van der Waals surface area contributed by atoms with Crippen LogP contribution in [0, 0.1) is 0 Å². The second-order valence-electron chi connectivity index (χ2n) is 4.42. The molecule has 1 fully saturated rings. The van der Waals surface area contributed by atoms with Crippen molar-refractivity contribution in [3.63, 3.8) is 0 Å². The maximum absolute atomic E-state index is 5.60. The van der Waals surface area contributed by atoms with Crippen molar-refractivity contribution in [3.05, 3.63) is 23.2 Å². The van der Waals surface area contributed by atoms with Crippen LogP contribution in [0.5, 0.6) is 0 Å². The van der Waals surface area contributed by atoms with Gasteiger partial charge in [-0.05, 0) is 35.2 Å². The zero-order valence-electron chi connectivity index (χ0n) is 9.97. The summed E-state index contributed by atoms with van der Waals surface area (Å²) >= 11 is 3.40. The first-order valence-corrected chi connectivity index (χ1v) is 6.97. The number of imidazole rings is 1. The van der Waals surface area contributed by atoms with Crippen LogP contribution in [0.15, 0.2) is 23.2 Å². The predicted octanol–water partition coefficient (Wildman–Crippen LogP) is 2.47. The molecule has 0 aliphatic carbocycles. The number of ether oxygens (including phenoxy) is 1. The Morgan fingerprint density at radius 1 is 1.56 bits per heavy atom. The van der Waals surface area contributed by atoms with Crippen molar-refractivity contribution in [1.29, 1.82) is 0 Å². The Kier molecular flexibility index (Phi) is 3.47. The summed E-state index contributed by atoms with van der Waals surface area (Å²) in [5, 5.41) is 3.34. The minimum Gasteiger partial charge on any atom is -0.378 e. The molecule has 0 spiro atoms. The van der Waals surface area contributed by atoms with Gasteiger partial charge in [-0.1, -0.05) is 0 Å². The van der Waals surface area contributed by atoms with Crippen molar-refractivity contribution >= 4 is 27.4 Å². The van der Waals surface area contributed by atoms with Crippen molar-refractivity contribution in [1.82, 2.24) is 14.4 Å². The molecule has 0 radical (unpaired) electrons. The molecule has 0 aromatic carbocycles. The summed E-state index contributed by atoms with van der Waals surface area (Å²) < 4.78 is 8.35. The zero-order valence-corrected chi connectivity index (χ0v) is 11.6. The fourth-order valence-corrected chi connectivity index (χ4v) is 2.64. The van der Waals surface area contributed by atoms with Crippen LogP contribution in [0.2, 0.25) is 0 Å². The molecule has 1 aliphatic rings. The lowest BCUT2D eigenvalue weighted by molar-refractivity contribution is 0.107. The number of rotatable bonds is 4. The average Bonchev–Trinajstić information content (AvgIpc) is 2.98. The molecule has 0 saturated carbocycles. The van der Waals surface area contributed by atoms with Crippen LogP contribution in [0.25, 0.3) is 5.65 Å². The van der Waals surface area contributed by atoms with Crippen molar-refractivity contribution in [2.75, 3.05) is 18.5 Å². The predicted molar refractivity (Wildman–Crippen MR) is 72.8 cm³/mol. The van der Waals surface area contributed by atoms with E-state index >= 15 is 0 Å². The lowest BCUT2D eigenvalue weighted by Gasteiger charge is -2.11. The first-order chi connectivity index (χ1) is 8.83. The topological polar surface area (TPSA) is 51.5 Å². The maximum atomic E-state index is 5.60. The van der Waals surface area contributed by atoms with Gasteiger partial charge >= 0.3 is 0 Å². The highest BCUT2D eigenvalue weighted by Gasteiger charge is 2.15. The molecule has 5 nitrogen and oxygen atoms in total. The molecule has 0 bridgehead atoms. The van der Waals surface area contributed by atoms with Gasteiger partial charge in [-0.15, -0.1) is 0 Å². The van der Waals surface area contributed by atoms with E-state index in [0.29, 0.717) is 6.10 Å². The van der Waals surface area contributed by atoms with Crippen molar-refractivity contribution < 1.29 is 4.74 Å². The van der Waals surface area contributed by atoms with Crippen molar-refractivity contribution in [2.45, 2.75) is 25.4 Å². The zero-order chi connectivity index (χ0) is 12.4. The summed E-state index contributed by atoms with van der Waals surface area (Å²) in [6, 6.07) is 0. The average molecular weight is 311 g/mol. The molecular weight excluding hydrogens is 296 g/mol. The Hall–Kier alpha value is -1.14. The van der Waals surface area contributed by atoms with Gasteiger partial charge in [0.2, 0.25) is 0 Å². The minimum absolute atomic E-state index is 0.403. The van der Waals surface area contributed by atoms with E-state index in [0.717, 1.165) is 35.6 Å². The number of nitrogens with one attached hydrogen (secondary N) is 1. The fraction of sp³-hybridized carbons (Fsp3) is 0.500. The highest BCUT2D eigenvalue weighted by Crippen LogP contribution is 2.18. The quantitative estimate of drug-likeness (QED) is 0.942. The van der Waals surface area contributed by atoms with E-state index in [1.54, 1.807) is 6.20 Å². The van der Waals surface area contributed by atoms with Gasteiger partial charge in [0.25, 0.3) is 0 Å². The minimum atomic E-state index is 0.403. The third kappa shape index (κ3) is 2.49. The number of hydrogen-bond donors (Lipinski definition) is 1. The van der Waals surface area contributed by atoms with Gasteiger partial charge in [0.05, 0.1) is 6.10 Å². The van der Waals surface area contributed by atoms with Gasteiger partial charge in [-0.25, -0.2) is 9.97 Å². The van der Waals surface area contributed by atoms with E-state index in [-0.39, 0.29) is 0 Å². The summed E-state index contributed by atoms with van der Waals surface area (Å²) in [5.41, 5.74) is 0.852. The molecule has 3 heterocycles. The molecular formula is C12H15BrN4O. The number of nitrogens with zero attached hydrogens (tertiary/aromatic N) is 3. The molecule has 1 saturated heterocycles. The normalized spacial score (nSPS) is 19.5. The first-order valence-electron chi connectivity index (χ1n) is 6.17. The summed E-state index contributed by atoms with van der Waals surface area (Å²) in [5.74, 6) is 0.812. The SMILES string of the molecule is Brc1cn2ccnc2c(NCCC2CCCO2)n1. The molecule has 1 N–H and O–H groups in total. The molecule has 2 aromatic rings. The number of halogens is 1. The molecule has 2 aromatic heterocycles. The van der Waals surface area contributed by atoms with Crippen molar-refractivity contribution in [3.8, 4) is 0 Å². The summed E-state index contributed by atoms with van der Waals surface area (Å²) in [6.07, 6.45) is 9.35. The third-order valence-electron chi connectivity index (χ3n) is 3.13. The van der Waals surface area contributed by atoms with Crippen LogP contribution < -0.4 is 5.32 Å². The van der Waals surface area contributed by atoms with Gasteiger partial charge in [0, 0.05) is 31.7 Å². The molecule has 3 rings (SSSR count). The number of fused-ring (bicyclic) bond motifs is 1. The van der Waals surface area contributed by atoms with Gasteiger partial charge in [-0.2, -0.15) is 0 Å². The van der Waals surface area contributed by atoms with Crippen LogP contribution in [-0.2, 0) is 4.74 Å². The molecule has 96 valence electrons. The Labute approximate surface area is 114 Å². The van der Waals surface area contributed by atoms with Crippen molar-refractivity contribution in [2.24, 2.45) is 0 Å². The monoisotopic (exact) mass is 310 g/mol. The molecule has 1 aliphatic heterocycles. The lowest BCUT2D eigenvalue weighted by Crippen LogP contribution is -2.13. The summed E-state index contributed by atoms with van der Waals surface area (Å²) in [4.78, 5) is 8.72. The largest absolute Gasteiger partial charge is 0.378 e. The Balaban J connectivity index is 1.67. The Morgan fingerprint density at radius 3 is 3.33 bits per heavy atom. The van der Waals surface area contributed by atoms with E-state index in [4.69, 9.17) is 4.74 Å². The number of hydrogen-bond acceptors (Lipinski definition) is 4. The van der Waals surface area contributed by atoms with Gasteiger partial charge in [0.1, 0.15) is 4.60 Å². The van der Waals surface area contributed by atoms with Crippen LogP contribution in [0.4, 0.5) is 5.82 Å². The van der Waals surface area contributed by atoms with E-state index in [2.05, 4.69) is 31.2 Å². The highest BCUT2D eigenvalue weighted by atomic mass is 79.9. The van der Waals surface area contributed by atoms with E-state index in [1.165, 1.54) is 12.8 Å². The smallest absolute Gasteiger partial charge is 0.180 e. The molecule has 6 heteroatoms. The van der Waals surface area contributed by atoms with E-state index in [9.17, 15) is 0 Å². The van der Waals surface area contributed by atoms with Gasteiger partial charge in [-0.3, -0.25) is 0 Å². The fourth-order valence-electron chi connectivity index (χ4n) is 2.24. The number of anilines is 1. The van der Waals surface area contributed by atoms with E-state index in [1.807, 2.05) is 16.8 Å². The summed E-state index contributed by atoms with van der Waals surface area (Å²) in [6.45, 7) is 1.76. The van der Waals surface area contributed by atoms with Crippen LogP contribution in [0.1, 0.15) is 19.3 Å². The van der Waals surface area contributed by atoms with Crippen LogP contribution >= 0.6 is 15.9 Å². The van der Waals surface area contributed by atoms with Gasteiger partial charge in [0.15, 0.2) is 11.5 Å². The van der Waals surface area contributed by atoms with E-state index < -0.39 is 0 Å². The Morgan fingerprint density at radius 2 is 2.50 bits per heavy atom.